The predicted molar refractivity (Wildman–Crippen MR) is 70.8 cm³/mol. The van der Waals surface area contributed by atoms with Crippen LogP contribution in [0.4, 0.5) is 0 Å². The molecule has 1 aromatic heterocycles. The van der Waals surface area contributed by atoms with Crippen molar-refractivity contribution in [1.82, 2.24) is 4.98 Å². The first-order chi connectivity index (χ1) is 9.28. The van der Waals surface area contributed by atoms with Crippen LogP contribution in [-0.4, -0.2) is 18.1 Å². The Hall–Kier alpha value is -2.62. The van der Waals surface area contributed by atoms with Gasteiger partial charge in [0.2, 0.25) is 5.89 Å². The maximum absolute atomic E-state index is 11.5. The monoisotopic (exact) mass is 253 g/mol. The number of hydrogen-bond donors (Lipinski definition) is 0. The molecule has 0 bridgehead atoms. The molecule has 2 aromatic carbocycles. The van der Waals surface area contributed by atoms with E-state index in [0.717, 1.165) is 5.56 Å². The van der Waals surface area contributed by atoms with Crippen molar-refractivity contribution in [2.75, 3.05) is 7.11 Å². The van der Waals surface area contributed by atoms with Crippen LogP contribution in [0, 0.1) is 0 Å². The molecule has 0 saturated carbocycles. The standard InChI is InChI=1S/C15H11NO3/c1-18-15(17)11-7-8-13-12(9-11)16-14(19-13)10-5-3-2-4-6-10/h2-9H,1H3. The molecule has 3 rings (SSSR count). The number of fused-ring (bicyclic) bond motifs is 1. The number of methoxy groups -OCH3 is 1. The Kier molecular flexibility index (Phi) is 2.76. The summed E-state index contributed by atoms with van der Waals surface area (Å²) in [6, 6.07) is 14.7. The molecule has 0 spiro atoms. The predicted octanol–water partition coefficient (Wildman–Crippen LogP) is 3.28. The molecule has 0 aliphatic rings. The van der Waals surface area contributed by atoms with Gasteiger partial charge in [-0.1, -0.05) is 18.2 Å². The zero-order valence-electron chi connectivity index (χ0n) is 10.3. The molecular formula is C15H11NO3. The highest BCUT2D eigenvalue weighted by atomic mass is 16.5. The third-order valence-corrected chi connectivity index (χ3v) is 2.83. The highest BCUT2D eigenvalue weighted by Crippen LogP contribution is 2.24. The molecule has 0 radical (unpaired) electrons. The average Bonchev–Trinajstić information content (AvgIpc) is 2.90. The molecule has 4 nitrogen and oxygen atoms in total. The molecular weight excluding hydrogens is 242 g/mol. The lowest BCUT2D eigenvalue weighted by Gasteiger charge is -1.96. The van der Waals surface area contributed by atoms with Gasteiger partial charge in [-0.05, 0) is 30.3 Å². The quantitative estimate of drug-likeness (QED) is 0.658. The van der Waals surface area contributed by atoms with E-state index in [1.54, 1.807) is 18.2 Å². The number of carbonyl (C=O) groups excluding carboxylic acids is 1. The number of aromatic nitrogens is 1. The molecule has 0 saturated heterocycles. The van der Waals surface area contributed by atoms with Crippen LogP contribution in [0.3, 0.4) is 0 Å². The zero-order chi connectivity index (χ0) is 13.2. The second-order valence-corrected chi connectivity index (χ2v) is 4.06. The third kappa shape index (κ3) is 2.08. The first kappa shape index (κ1) is 11.5. The second-order valence-electron chi connectivity index (χ2n) is 4.06. The second kappa shape index (κ2) is 4.57. The number of hydrogen-bond acceptors (Lipinski definition) is 4. The van der Waals surface area contributed by atoms with Gasteiger partial charge < -0.3 is 9.15 Å². The van der Waals surface area contributed by atoms with E-state index in [2.05, 4.69) is 9.72 Å². The SMILES string of the molecule is COC(=O)c1ccc2oc(-c3ccccc3)nc2c1. The highest BCUT2D eigenvalue weighted by Gasteiger charge is 2.11. The van der Waals surface area contributed by atoms with Gasteiger partial charge in [0.1, 0.15) is 5.52 Å². The van der Waals surface area contributed by atoms with Crippen molar-refractivity contribution in [1.29, 1.82) is 0 Å². The lowest BCUT2D eigenvalue weighted by molar-refractivity contribution is 0.0601. The molecule has 1 heterocycles. The van der Waals surface area contributed by atoms with Crippen molar-refractivity contribution in [3.05, 3.63) is 54.1 Å². The normalized spacial score (nSPS) is 10.6. The van der Waals surface area contributed by atoms with Crippen molar-refractivity contribution in [3.8, 4) is 11.5 Å². The maximum Gasteiger partial charge on any atom is 0.337 e. The van der Waals surface area contributed by atoms with Gasteiger partial charge >= 0.3 is 5.97 Å². The molecule has 0 N–H and O–H groups in total. The van der Waals surface area contributed by atoms with Gasteiger partial charge in [0, 0.05) is 5.56 Å². The number of esters is 1. The van der Waals surface area contributed by atoms with Gasteiger partial charge in [-0.3, -0.25) is 0 Å². The van der Waals surface area contributed by atoms with Crippen LogP contribution in [0.1, 0.15) is 10.4 Å². The minimum atomic E-state index is -0.383. The summed E-state index contributed by atoms with van der Waals surface area (Å²) in [5.41, 5.74) is 2.65. The van der Waals surface area contributed by atoms with Crippen molar-refractivity contribution in [2.45, 2.75) is 0 Å². The molecule has 19 heavy (non-hydrogen) atoms. The summed E-state index contributed by atoms with van der Waals surface area (Å²) in [5.74, 6) is 0.156. The molecule has 0 unspecified atom stereocenters. The fourth-order valence-electron chi connectivity index (χ4n) is 1.88. The van der Waals surface area contributed by atoms with Gasteiger partial charge in [0.25, 0.3) is 0 Å². The number of ether oxygens (including phenoxy) is 1. The minimum absolute atomic E-state index is 0.383. The first-order valence-corrected chi connectivity index (χ1v) is 5.82. The van der Waals surface area contributed by atoms with Crippen molar-refractivity contribution < 1.29 is 13.9 Å². The molecule has 0 amide bonds. The van der Waals surface area contributed by atoms with Crippen molar-refractivity contribution in [2.24, 2.45) is 0 Å². The van der Waals surface area contributed by atoms with E-state index in [1.165, 1.54) is 7.11 Å². The molecule has 4 heteroatoms. The third-order valence-electron chi connectivity index (χ3n) is 2.83. The summed E-state index contributed by atoms with van der Waals surface area (Å²) >= 11 is 0. The lowest BCUT2D eigenvalue weighted by Crippen LogP contribution is -2.00. The molecule has 94 valence electrons. The van der Waals surface area contributed by atoms with Crippen LogP contribution in [-0.2, 0) is 4.74 Å². The fourth-order valence-corrected chi connectivity index (χ4v) is 1.88. The minimum Gasteiger partial charge on any atom is -0.465 e. The van der Waals surface area contributed by atoms with Crippen LogP contribution in [0.15, 0.2) is 52.9 Å². The number of benzene rings is 2. The van der Waals surface area contributed by atoms with E-state index in [9.17, 15) is 4.79 Å². The van der Waals surface area contributed by atoms with Gasteiger partial charge in [0.05, 0.1) is 12.7 Å². The fraction of sp³-hybridized carbons (Fsp3) is 0.0667. The zero-order valence-corrected chi connectivity index (χ0v) is 10.3. The smallest absolute Gasteiger partial charge is 0.337 e. The van der Waals surface area contributed by atoms with E-state index in [-0.39, 0.29) is 5.97 Å². The molecule has 0 aliphatic heterocycles. The Morgan fingerprint density at radius 1 is 1.16 bits per heavy atom. The number of oxazole rings is 1. The molecule has 0 aliphatic carbocycles. The molecule has 3 aromatic rings. The highest BCUT2D eigenvalue weighted by molar-refractivity contribution is 5.93. The van der Waals surface area contributed by atoms with E-state index >= 15 is 0 Å². The summed E-state index contributed by atoms with van der Waals surface area (Å²) in [6.45, 7) is 0. The molecule has 0 fully saturated rings. The van der Waals surface area contributed by atoms with Crippen molar-refractivity contribution >= 4 is 17.1 Å². The maximum atomic E-state index is 11.5. The van der Waals surface area contributed by atoms with Crippen LogP contribution < -0.4 is 0 Å². The summed E-state index contributed by atoms with van der Waals surface area (Å²) in [6.07, 6.45) is 0. The Morgan fingerprint density at radius 3 is 2.68 bits per heavy atom. The van der Waals surface area contributed by atoms with Crippen LogP contribution in [0.2, 0.25) is 0 Å². The number of nitrogens with zero attached hydrogens (tertiary/aromatic N) is 1. The Bertz CT molecular complexity index is 731. The summed E-state index contributed by atoms with van der Waals surface area (Å²) < 4.78 is 10.3. The number of rotatable bonds is 2. The van der Waals surface area contributed by atoms with Crippen LogP contribution >= 0.6 is 0 Å². The van der Waals surface area contributed by atoms with Gasteiger partial charge in [-0.2, -0.15) is 0 Å². The Balaban J connectivity index is 2.09. The molecule has 0 atom stereocenters. The van der Waals surface area contributed by atoms with Crippen LogP contribution in [0.5, 0.6) is 0 Å². The first-order valence-electron chi connectivity index (χ1n) is 5.82. The Morgan fingerprint density at radius 2 is 1.95 bits per heavy atom. The average molecular weight is 253 g/mol. The van der Waals surface area contributed by atoms with Gasteiger partial charge in [-0.15, -0.1) is 0 Å². The largest absolute Gasteiger partial charge is 0.465 e. The summed E-state index contributed by atoms with van der Waals surface area (Å²) in [5, 5.41) is 0. The lowest BCUT2D eigenvalue weighted by atomic mass is 10.2. The van der Waals surface area contributed by atoms with Gasteiger partial charge in [-0.25, -0.2) is 9.78 Å². The Labute approximate surface area is 109 Å². The van der Waals surface area contributed by atoms with Gasteiger partial charge in [0.15, 0.2) is 5.58 Å². The number of carbonyl (C=O) groups is 1. The van der Waals surface area contributed by atoms with E-state index in [1.807, 2.05) is 30.3 Å². The van der Waals surface area contributed by atoms with E-state index in [0.29, 0.717) is 22.6 Å². The summed E-state index contributed by atoms with van der Waals surface area (Å²) in [7, 11) is 1.35. The van der Waals surface area contributed by atoms with Crippen LogP contribution in [0.25, 0.3) is 22.6 Å². The topological polar surface area (TPSA) is 52.3 Å². The van der Waals surface area contributed by atoms with E-state index in [4.69, 9.17) is 4.42 Å². The van der Waals surface area contributed by atoms with E-state index < -0.39 is 0 Å². The van der Waals surface area contributed by atoms with Crippen molar-refractivity contribution in [3.63, 3.8) is 0 Å². The summed E-state index contributed by atoms with van der Waals surface area (Å²) in [4.78, 5) is 15.8.